The Kier molecular flexibility index (Phi) is 5.73. The zero-order valence-electron chi connectivity index (χ0n) is 13.9. The third kappa shape index (κ3) is 3.89. The van der Waals surface area contributed by atoms with Gasteiger partial charge < -0.3 is 4.74 Å². The molecule has 26 heavy (non-hydrogen) atoms. The minimum atomic E-state index is -4.02. The van der Waals surface area contributed by atoms with Crippen molar-refractivity contribution in [3.05, 3.63) is 76.9 Å². The van der Waals surface area contributed by atoms with Crippen LogP contribution in [0.4, 0.5) is 11.4 Å². The highest BCUT2D eigenvalue weighted by molar-refractivity contribution is 7.92. The number of benzene rings is 2. The van der Waals surface area contributed by atoms with Gasteiger partial charge in [0.25, 0.3) is 15.7 Å². The van der Waals surface area contributed by atoms with Crippen LogP contribution in [0.1, 0.15) is 10.4 Å². The Labute approximate surface area is 150 Å². The van der Waals surface area contributed by atoms with Crippen LogP contribution in [-0.4, -0.2) is 33.0 Å². The number of hydrogen-bond donors (Lipinski definition) is 0. The number of non-ortho nitro benzene ring substituents is 1. The van der Waals surface area contributed by atoms with Crippen molar-refractivity contribution in [1.29, 1.82) is 0 Å². The molecule has 2 rings (SSSR count). The lowest BCUT2D eigenvalue weighted by molar-refractivity contribution is -0.384. The van der Waals surface area contributed by atoms with Crippen molar-refractivity contribution in [2.75, 3.05) is 18.0 Å². The Morgan fingerprint density at radius 2 is 1.92 bits per heavy atom. The van der Waals surface area contributed by atoms with E-state index in [0.717, 1.165) is 28.6 Å². The van der Waals surface area contributed by atoms with E-state index in [9.17, 15) is 23.3 Å². The highest BCUT2D eigenvalue weighted by Crippen LogP contribution is 2.26. The average molecular weight is 376 g/mol. The van der Waals surface area contributed by atoms with E-state index in [2.05, 4.69) is 11.3 Å². The standard InChI is InChI=1S/C17H16N2O6S/c1-3-11-18(15-6-4-5-13(12-15)17(20)25-2)26(23,24)16-9-7-14(8-10-16)19(21)22/h3-10,12H,1,11H2,2H3. The van der Waals surface area contributed by atoms with Crippen LogP contribution in [0.3, 0.4) is 0 Å². The summed E-state index contributed by atoms with van der Waals surface area (Å²) in [5, 5.41) is 10.7. The number of nitro benzene ring substituents is 1. The number of carbonyl (C=O) groups is 1. The maximum Gasteiger partial charge on any atom is 0.337 e. The van der Waals surface area contributed by atoms with Crippen molar-refractivity contribution in [2.45, 2.75) is 4.90 Å². The predicted octanol–water partition coefficient (Wildman–Crippen LogP) is 2.76. The van der Waals surface area contributed by atoms with Gasteiger partial charge in [0.1, 0.15) is 0 Å². The first kappa shape index (κ1) is 19.1. The molecule has 0 radical (unpaired) electrons. The number of carbonyl (C=O) groups excluding carboxylic acids is 1. The summed E-state index contributed by atoms with van der Waals surface area (Å²) in [7, 11) is -2.79. The summed E-state index contributed by atoms with van der Waals surface area (Å²) in [5.74, 6) is -0.599. The second-order valence-corrected chi connectivity index (χ2v) is 6.98. The number of sulfonamides is 1. The molecule has 0 aliphatic heterocycles. The van der Waals surface area contributed by atoms with Crippen molar-refractivity contribution >= 4 is 27.4 Å². The highest BCUT2D eigenvalue weighted by atomic mass is 32.2. The number of nitro groups is 1. The van der Waals surface area contributed by atoms with Crippen molar-refractivity contribution in [3.8, 4) is 0 Å². The van der Waals surface area contributed by atoms with Crippen LogP contribution >= 0.6 is 0 Å². The van der Waals surface area contributed by atoms with Crippen LogP contribution in [0, 0.1) is 10.1 Å². The Morgan fingerprint density at radius 1 is 1.27 bits per heavy atom. The second-order valence-electron chi connectivity index (χ2n) is 5.12. The molecule has 0 aliphatic carbocycles. The van der Waals surface area contributed by atoms with Crippen molar-refractivity contribution in [1.82, 2.24) is 0 Å². The first-order chi connectivity index (χ1) is 12.3. The maximum absolute atomic E-state index is 12.9. The van der Waals surface area contributed by atoms with Crippen LogP contribution in [0.2, 0.25) is 0 Å². The van der Waals surface area contributed by atoms with Gasteiger partial charge in [0.05, 0.1) is 34.7 Å². The molecule has 0 fully saturated rings. The third-order valence-electron chi connectivity index (χ3n) is 3.49. The highest BCUT2D eigenvalue weighted by Gasteiger charge is 2.25. The molecule has 0 saturated carbocycles. The molecule has 0 amide bonds. The largest absolute Gasteiger partial charge is 0.465 e. The predicted molar refractivity (Wildman–Crippen MR) is 95.6 cm³/mol. The fourth-order valence-electron chi connectivity index (χ4n) is 2.23. The summed E-state index contributed by atoms with van der Waals surface area (Å²) in [6.45, 7) is 3.51. The van der Waals surface area contributed by atoms with Crippen LogP contribution in [0.15, 0.2) is 66.1 Å². The number of rotatable bonds is 7. The van der Waals surface area contributed by atoms with E-state index in [4.69, 9.17) is 0 Å². The molecule has 0 bridgehead atoms. The summed E-state index contributed by atoms with van der Waals surface area (Å²) in [4.78, 5) is 21.7. The molecule has 0 N–H and O–H groups in total. The molecule has 2 aromatic rings. The molecule has 9 heteroatoms. The number of nitrogens with zero attached hydrogens (tertiary/aromatic N) is 2. The summed E-state index contributed by atoms with van der Waals surface area (Å²) in [5.41, 5.74) is 0.219. The summed E-state index contributed by atoms with van der Waals surface area (Å²) < 4.78 is 31.6. The lowest BCUT2D eigenvalue weighted by atomic mass is 10.2. The zero-order chi connectivity index (χ0) is 19.3. The first-order valence-corrected chi connectivity index (χ1v) is 8.81. The van der Waals surface area contributed by atoms with Gasteiger partial charge >= 0.3 is 5.97 Å². The summed E-state index contributed by atoms with van der Waals surface area (Å²) in [6.07, 6.45) is 1.40. The van der Waals surface area contributed by atoms with E-state index in [-0.39, 0.29) is 28.4 Å². The molecule has 0 unspecified atom stereocenters. The molecule has 2 aromatic carbocycles. The van der Waals surface area contributed by atoms with Gasteiger partial charge in [-0.25, -0.2) is 13.2 Å². The topological polar surface area (TPSA) is 107 Å². The summed E-state index contributed by atoms with van der Waals surface area (Å²) in [6, 6.07) is 10.5. The summed E-state index contributed by atoms with van der Waals surface area (Å²) >= 11 is 0. The van der Waals surface area contributed by atoms with Crippen molar-refractivity contribution < 1.29 is 22.9 Å². The number of methoxy groups -OCH3 is 1. The minimum absolute atomic E-state index is 0.0516. The second kappa shape index (κ2) is 7.79. The number of esters is 1. The van der Waals surface area contributed by atoms with Gasteiger partial charge in [-0.3, -0.25) is 14.4 Å². The molecular weight excluding hydrogens is 360 g/mol. The normalized spacial score (nSPS) is 10.8. The number of ether oxygens (including phenoxy) is 1. The fraction of sp³-hybridized carbons (Fsp3) is 0.118. The van der Waals surface area contributed by atoms with Gasteiger partial charge in [-0.1, -0.05) is 12.1 Å². The fourth-order valence-corrected chi connectivity index (χ4v) is 3.66. The van der Waals surface area contributed by atoms with Crippen LogP contribution in [-0.2, 0) is 14.8 Å². The lowest BCUT2D eigenvalue weighted by Crippen LogP contribution is -2.31. The molecule has 136 valence electrons. The Balaban J connectivity index is 2.49. The number of anilines is 1. The van der Waals surface area contributed by atoms with E-state index in [1.165, 1.54) is 37.5 Å². The van der Waals surface area contributed by atoms with Gasteiger partial charge in [-0.15, -0.1) is 6.58 Å². The minimum Gasteiger partial charge on any atom is -0.465 e. The van der Waals surface area contributed by atoms with E-state index in [1.54, 1.807) is 0 Å². The van der Waals surface area contributed by atoms with Crippen LogP contribution in [0.25, 0.3) is 0 Å². The molecule has 0 atom stereocenters. The lowest BCUT2D eigenvalue weighted by Gasteiger charge is -2.23. The Hall–Kier alpha value is -3.20. The molecule has 0 aromatic heterocycles. The maximum atomic E-state index is 12.9. The third-order valence-corrected chi connectivity index (χ3v) is 5.29. The molecule has 8 nitrogen and oxygen atoms in total. The van der Waals surface area contributed by atoms with Crippen LogP contribution < -0.4 is 4.31 Å². The van der Waals surface area contributed by atoms with Gasteiger partial charge in [0, 0.05) is 12.1 Å². The molecule has 0 heterocycles. The van der Waals surface area contributed by atoms with Crippen molar-refractivity contribution in [3.63, 3.8) is 0 Å². The molecular formula is C17H16N2O6S. The van der Waals surface area contributed by atoms with E-state index in [0.29, 0.717) is 0 Å². The van der Waals surface area contributed by atoms with Crippen LogP contribution in [0.5, 0.6) is 0 Å². The van der Waals surface area contributed by atoms with E-state index in [1.807, 2.05) is 0 Å². The molecule has 0 spiro atoms. The quantitative estimate of drug-likeness (QED) is 0.318. The van der Waals surface area contributed by atoms with Gasteiger partial charge in [-0.05, 0) is 30.3 Å². The Bertz CT molecular complexity index is 938. The van der Waals surface area contributed by atoms with Gasteiger partial charge in [0.15, 0.2) is 0 Å². The SMILES string of the molecule is C=CCN(c1cccc(C(=O)OC)c1)S(=O)(=O)c1ccc([N+](=O)[O-])cc1. The van der Waals surface area contributed by atoms with E-state index < -0.39 is 20.9 Å². The van der Waals surface area contributed by atoms with Crippen molar-refractivity contribution in [2.24, 2.45) is 0 Å². The average Bonchev–Trinajstić information content (AvgIpc) is 2.65. The molecule has 0 saturated heterocycles. The van der Waals surface area contributed by atoms with E-state index >= 15 is 0 Å². The molecule has 0 aliphatic rings. The monoisotopic (exact) mass is 376 g/mol. The van der Waals surface area contributed by atoms with Gasteiger partial charge in [-0.2, -0.15) is 0 Å². The number of hydrogen-bond acceptors (Lipinski definition) is 6. The zero-order valence-corrected chi connectivity index (χ0v) is 14.7. The van der Waals surface area contributed by atoms with Gasteiger partial charge in [0.2, 0.25) is 0 Å². The Morgan fingerprint density at radius 3 is 2.46 bits per heavy atom. The smallest absolute Gasteiger partial charge is 0.337 e. The first-order valence-electron chi connectivity index (χ1n) is 7.37.